The predicted octanol–water partition coefficient (Wildman–Crippen LogP) is 2.61. The van der Waals surface area contributed by atoms with Gasteiger partial charge >= 0.3 is 0 Å². The van der Waals surface area contributed by atoms with Gasteiger partial charge in [-0.2, -0.15) is 0 Å². The van der Waals surface area contributed by atoms with Gasteiger partial charge in [0.1, 0.15) is 16.1 Å². The molecule has 0 atom stereocenters. The third-order valence-corrected chi connectivity index (χ3v) is 3.37. The molecule has 0 amide bonds. The van der Waals surface area contributed by atoms with Gasteiger partial charge in [-0.1, -0.05) is 0 Å². The molecule has 0 aliphatic carbocycles. The Bertz CT molecular complexity index is 627. The lowest BCUT2D eigenvalue weighted by molar-refractivity contribution is 0.982. The average Bonchev–Trinajstić information content (AvgIpc) is 2.32. The Kier molecular flexibility index (Phi) is 4.13. The van der Waals surface area contributed by atoms with Gasteiger partial charge in [-0.3, -0.25) is 9.78 Å². The van der Waals surface area contributed by atoms with E-state index in [0.717, 1.165) is 10.0 Å². The predicted molar refractivity (Wildman–Crippen MR) is 76.6 cm³/mol. The van der Waals surface area contributed by atoms with Crippen LogP contribution >= 0.6 is 31.9 Å². The SMILES string of the molecule is Cc1nc(NCc2cncc(Br)c2)c(Br)c(=O)[nH]1. The molecule has 0 bridgehead atoms. The monoisotopic (exact) mass is 372 g/mol. The molecule has 0 unspecified atom stereocenters. The highest BCUT2D eigenvalue weighted by Gasteiger charge is 2.06. The van der Waals surface area contributed by atoms with Crippen LogP contribution in [0.2, 0.25) is 0 Å². The van der Waals surface area contributed by atoms with E-state index in [4.69, 9.17) is 0 Å². The highest BCUT2D eigenvalue weighted by Crippen LogP contribution is 2.16. The van der Waals surface area contributed by atoms with Crippen LogP contribution in [0.3, 0.4) is 0 Å². The first kappa shape index (κ1) is 13.2. The molecule has 2 aromatic heterocycles. The Morgan fingerprint density at radius 2 is 2.17 bits per heavy atom. The number of halogens is 2. The van der Waals surface area contributed by atoms with Crippen molar-refractivity contribution < 1.29 is 0 Å². The molecule has 0 aliphatic heterocycles. The zero-order chi connectivity index (χ0) is 13.1. The van der Waals surface area contributed by atoms with Crippen LogP contribution < -0.4 is 10.9 Å². The first-order chi connectivity index (χ1) is 8.56. The first-order valence-electron chi connectivity index (χ1n) is 5.16. The van der Waals surface area contributed by atoms with Gasteiger partial charge in [0.2, 0.25) is 0 Å². The fourth-order valence-corrected chi connectivity index (χ4v) is 2.17. The smallest absolute Gasteiger partial charge is 0.267 e. The van der Waals surface area contributed by atoms with Crippen LogP contribution in [0.4, 0.5) is 5.82 Å². The highest BCUT2D eigenvalue weighted by atomic mass is 79.9. The number of H-pyrrole nitrogens is 1. The second-order valence-electron chi connectivity index (χ2n) is 3.68. The lowest BCUT2D eigenvalue weighted by Gasteiger charge is -2.07. The Morgan fingerprint density at radius 1 is 1.39 bits per heavy atom. The summed E-state index contributed by atoms with van der Waals surface area (Å²) in [4.78, 5) is 22.4. The van der Waals surface area contributed by atoms with Gasteiger partial charge < -0.3 is 10.3 Å². The third-order valence-electron chi connectivity index (χ3n) is 2.20. The summed E-state index contributed by atoms with van der Waals surface area (Å²) in [7, 11) is 0. The van der Waals surface area contributed by atoms with Crippen molar-refractivity contribution in [2.75, 3.05) is 5.32 Å². The Morgan fingerprint density at radius 3 is 2.89 bits per heavy atom. The maximum atomic E-state index is 11.5. The lowest BCUT2D eigenvalue weighted by atomic mass is 10.3. The van der Waals surface area contributed by atoms with E-state index < -0.39 is 0 Å². The topological polar surface area (TPSA) is 70.7 Å². The van der Waals surface area contributed by atoms with Crippen LogP contribution in [0.1, 0.15) is 11.4 Å². The Hall–Kier alpha value is -1.21. The van der Waals surface area contributed by atoms with Gasteiger partial charge in [-0.25, -0.2) is 4.98 Å². The summed E-state index contributed by atoms with van der Waals surface area (Å²) < 4.78 is 1.31. The Labute approximate surface area is 120 Å². The van der Waals surface area contributed by atoms with Crippen LogP contribution in [0.5, 0.6) is 0 Å². The minimum atomic E-state index is -0.197. The van der Waals surface area contributed by atoms with Crippen molar-refractivity contribution in [3.8, 4) is 0 Å². The number of aryl methyl sites for hydroxylation is 1. The third kappa shape index (κ3) is 3.17. The fraction of sp³-hybridized carbons (Fsp3) is 0.182. The van der Waals surface area contributed by atoms with E-state index in [1.165, 1.54) is 0 Å². The molecule has 2 N–H and O–H groups in total. The number of nitrogens with one attached hydrogen (secondary N) is 2. The molecule has 94 valence electrons. The summed E-state index contributed by atoms with van der Waals surface area (Å²) in [5, 5.41) is 3.10. The lowest BCUT2D eigenvalue weighted by Crippen LogP contribution is -2.14. The maximum Gasteiger partial charge on any atom is 0.267 e. The molecule has 0 saturated heterocycles. The molecule has 2 rings (SSSR count). The van der Waals surface area contributed by atoms with E-state index in [9.17, 15) is 4.79 Å². The van der Waals surface area contributed by atoms with Gasteiger partial charge in [0.25, 0.3) is 5.56 Å². The van der Waals surface area contributed by atoms with Gasteiger partial charge in [-0.05, 0) is 50.4 Å². The van der Waals surface area contributed by atoms with E-state index in [0.29, 0.717) is 22.7 Å². The van der Waals surface area contributed by atoms with Crippen molar-refractivity contribution in [3.63, 3.8) is 0 Å². The molecule has 18 heavy (non-hydrogen) atoms. The second-order valence-corrected chi connectivity index (χ2v) is 5.39. The van der Waals surface area contributed by atoms with E-state index in [2.05, 4.69) is 52.1 Å². The number of pyridine rings is 1. The van der Waals surface area contributed by atoms with Gasteiger partial charge in [0.15, 0.2) is 0 Å². The molecule has 0 fully saturated rings. The fourth-order valence-electron chi connectivity index (χ4n) is 1.43. The zero-order valence-corrected chi connectivity index (χ0v) is 12.7. The largest absolute Gasteiger partial charge is 0.365 e. The summed E-state index contributed by atoms with van der Waals surface area (Å²) in [6, 6.07) is 1.95. The van der Waals surface area contributed by atoms with Gasteiger partial charge in [0, 0.05) is 23.4 Å². The van der Waals surface area contributed by atoms with Crippen LogP contribution in [0.15, 0.2) is 32.2 Å². The van der Waals surface area contributed by atoms with Crippen LogP contribution in [0, 0.1) is 6.92 Å². The summed E-state index contributed by atoms with van der Waals surface area (Å²) in [5.41, 5.74) is 0.799. The van der Waals surface area contributed by atoms with Crippen molar-refractivity contribution >= 4 is 37.7 Å². The normalized spacial score (nSPS) is 10.4. The summed E-state index contributed by atoms with van der Waals surface area (Å²) in [5.74, 6) is 1.09. The second kappa shape index (κ2) is 5.62. The molecule has 2 heterocycles. The maximum absolute atomic E-state index is 11.5. The molecule has 0 saturated carbocycles. The molecule has 5 nitrogen and oxygen atoms in total. The minimum absolute atomic E-state index is 0.197. The summed E-state index contributed by atoms with van der Waals surface area (Å²) >= 11 is 6.56. The number of hydrogen-bond acceptors (Lipinski definition) is 4. The van der Waals surface area contributed by atoms with Crippen molar-refractivity contribution in [3.05, 3.63) is 49.1 Å². The van der Waals surface area contributed by atoms with E-state index in [-0.39, 0.29) is 5.56 Å². The highest BCUT2D eigenvalue weighted by molar-refractivity contribution is 9.10. The van der Waals surface area contributed by atoms with Gasteiger partial charge in [-0.15, -0.1) is 0 Å². The van der Waals surface area contributed by atoms with Crippen molar-refractivity contribution in [1.82, 2.24) is 15.0 Å². The molecule has 7 heteroatoms. The molecule has 2 aromatic rings. The number of aromatic amines is 1. The molecule has 0 radical (unpaired) electrons. The Balaban J connectivity index is 2.18. The summed E-state index contributed by atoms with van der Waals surface area (Å²) in [6.45, 7) is 2.28. The molecule has 0 spiro atoms. The standard InChI is InChI=1S/C11H10Br2N4O/c1-6-16-10(9(13)11(18)17-6)15-4-7-2-8(12)5-14-3-7/h2-3,5H,4H2,1H3,(H2,15,16,17,18). The summed E-state index contributed by atoms with van der Waals surface area (Å²) in [6.07, 6.45) is 3.47. The number of rotatable bonds is 3. The molecular weight excluding hydrogens is 364 g/mol. The number of aromatic nitrogens is 3. The number of anilines is 1. The van der Waals surface area contributed by atoms with Crippen molar-refractivity contribution in [2.45, 2.75) is 13.5 Å². The number of nitrogens with zero attached hydrogens (tertiary/aromatic N) is 2. The minimum Gasteiger partial charge on any atom is -0.365 e. The van der Waals surface area contributed by atoms with Gasteiger partial charge in [0.05, 0.1) is 0 Å². The van der Waals surface area contributed by atoms with E-state index in [1.807, 2.05) is 6.07 Å². The number of hydrogen-bond donors (Lipinski definition) is 2. The van der Waals surface area contributed by atoms with E-state index in [1.54, 1.807) is 19.3 Å². The van der Waals surface area contributed by atoms with Crippen LogP contribution in [-0.2, 0) is 6.54 Å². The van der Waals surface area contributed by atoms with Crippen molar-refractivity contribution in [1.29, 1.82) is 0 Å². The van der Waals surface area contributed by atoms with Crippen LogP contribution in [-0.4, -0.2) is 15.0 Å². The zero-order valence-electron chi connectivity index (χ0n) is 9.50. The molecule has 0 aromatic carbocycles. The molecular formula is C11H10Br2N4O. The first-order valence-corrected chi connectivity index (χ1v) is 6.74. The van der Waals surface area contributed by atoms with Crippen molar-refractivity contribution in [2.24, 2.45) is 0 Å². The average molecular weight is 374 g/mol. The quantitative estimate of drug-likeness (QED) is 0.867. The van der Waals surface area contributed by atoms with E-state index >= 15 is 0 Å². The molecule has 0 aliphatic rings. The van der Waals surface area contributed by atoms with Crippen LogP contribution in [0.25, 0.3) is 0 Å².